The summed E-state index contributed by atoms with van der Waals surface area (Å²) in [5, 5.41) is 6.07. The Morgan fingerprint density at radius 2 is 1.85 bits per heavy atom. The summed E-state index contributed by atoms with van der Waals surface area (Å²) in [5.41, 5.74) is 0.876. The minimum Gasteiger partial charge on any atom is -0.451 e. The highest BCUT2D eigenvalue weighted by molar-refractivity contribution is 7.20. The maximum Gasteiger partial charge on any atom is 0.348 e. The van der Waals surface area contributed by atoms with E-state index < -0.39 is 18.5 Å². The molecular weight excluding hydrogens is 352 g/mol. The van der Waals surface area contributed by atoms with Gasteiger partial charge in [-0.3, -0.25) is 9.59 Å². The van der Waals surface area contributed by atoms with Crippen LogP contribution in [0, 0.1) is 0 Å². The summed E-state index contributed by atoms with van der Waals surface area (Å²) in [6.45, 7) is -0.405. The molecule has 0 atom stereocenters. The van der Waals surface area contributed by atoms with E-state index in [0.717, 1.165) is 10.1 Å². The van der Waals surface area contributed by atoms with Gasteiger partial charge in [-0.1, -0.05) is 24.3 Å². The molecule has 0 spiro atoms. The molecule has 132 valence electrons. The van der Waals surface area contributed by atoms with Crippen LogP contribution in [0.25, 0.3) is 10.1 Å². The maximum absolute atomic E-state index is 12.1. The first kappa shape index (κ1) is 17.6. The fourth-order valence-electron chi connectivity index (χ4n) is 2.36. The molecule has 26 heavy (non-hydrogen) atoms. The van der Waals surface area contributed by atoms with Crippen molar-refractivity contribution < 1.29 is 19.1 Å². The van der Waals surface area contributed by atoms with Crippen LogP contribution < -0.4 is 10.6 Å². The number of hydrogen-bond acceptors (Lipinski definition) is 5. The first-order valence-electron chi connectivity index (χ1n) is 7.84. The van der Waals surface area contributed by atoms with E-state index in [0.29, 0.717) is 16.1 Å². The minimum atomic E-state index is -0.541. The highest BCUT2D eigenvalue weighted by Crippen LogP contribution is 2.25. The predicted molar refractivity (Wildman–Crippen MR) is 101 cm³/mol. The molecule has 3 aromatic rings. The SMILES string of the molecule is CNC(=O)c1cccc(NC(=O)COC(=O)c2cc3ccccc3s2)c1. The predicted octanol–water partition coefficient (Wildman–Crippen LogP) is 3.06. The molecule has 0 bridgehead atoms. The molecule has 0 aliphatic carbocycles. The van der Waals surface area contributed by atoms with Gasteiger partial charge in [-0.2, -0.15) is 0 Å². The smallest absolute Gasteiger partial charge is 0.348 e. The molecule has 0 radical (unpaired) electrons. The number of hydrogen-bond donors (Lipinski definition) is 2. The molecule has 0 aliphatic rings. The number of nitrogens with one attached hydrogen (secondary N) is 2. The lowest BCUT2D eigenvalue weighted by atomic mass is 10.2. The van der Waals surface area contributed by atoms with E-state index in [1.54, 1.807) is 30.3 Å². The number of rotatable bonds is 5. The van der Waals surface area contributed by atoms with Gasteiger partial charge in [0.2, 0.25) is 0 Å². The summed E-state index contributed by atoms with van der Waals surface area (Å²) in [5.74, 6) is -1.27. The summed E-state index contributed by atoms with van der Waals surface area (Å²) < 4.78 is 6.05. The molecule has 3 rings (SSSR count). The lowest BCUT2D eigenvalue weighted by Crippen LogP contribution is -2.21. The number of thiophene rings is 1. The second kappa shape index (κ2) is 7.79. The Kier molecular flexibility index (Phi) is 5.28. The van der Waals surface area contributed by atoms with Crippen LogP contribution in [0.4, 0.5) is 5.69 Å². The number of benzene rings is 2. The summed E-state index contributed by atoms with van der Waals surface area (Å²) in [4.78, 5) is 36.1. The van der Waals surface area contributed by atoms with Crippen molar-refractivity contribution in [2.45, 2.75) is 0 Å². The molecule has 1 heterocycles. The summed E-state index contributed by atoms with van der Waals surface area (Å²) >= 11 is 1.32. The highest BCUT2D eigenvalue weighted by Gasteiger charge is 2.14. The van der Waals surface area contributed by atoms with Crippen molar-refractivity contribution in [1.82, 2.24) is 5.32 Å². The fraction of sp³-hybridized carbons (Fsp3) is 0.105. The first-order valence-corrected chi connectivity index (χ1v) is 8.66. The van der Waals surface area contributed by atoms with Crippen LogP contribution in [0.2, 0.25) is 0 Å². The van der Waals surface area contributed by atoms with Gasteiger partial charge in [0.15, 0.2) is 6.61 Å². The Bertz CT molecular complexity index is 947. The lowest BCUT2D eigenvalue weighted by molar-refractivity contribution is -0.119. The van der Waals surface area contributed by atoms with E-state index in [-0.39, 0.29) is 5.91 Å². The molecule has 2 amide bonds. The molecule has 0 saturated carbocycles. The van der Waals surface area contributed by atoms with Crippen molar-refractivity contribution in [2.75, 3.05) is 19.0 Å². The van der Waals surface area contributed by atoms with E-state index in [1.165, 1.54) is 18.4 Å². The highest BCUT2D eigenvalue weighted by atomic mass is 32.1. The van der Waals surface area contributed by atoms with Gasteiger partial charge in [0.1, 0.15) is 4.88 Å². The van der Waals surface area contributed by atoms with Gasteiger partial charge in [-0.05, 0) is 35.7 Å². The van der Waals surface area contributed by atoms with Gasteiger partial charge in [-0.15, -0.1) is 11.3 Å². The number of ether oxygens (including phenoxy) is 1. The monoisotopic (exact) mass is 368 g/mol. The van der Waals surface area contributed by atoms with Crippen molar-refractivity contribution in [2.24, 2.45) is 0 Å². The zero-order chi connectivity index (χ0) is 18.5. The maximum atomic E-state index is 12.1. The molecule has 1 aromatic heterocycles. The normalized spacial score (nSPS) is 10.3. The second-order valence-electron chi connectivity index (χ2n) is 5.43. The average molecular weight is 368 g/mol. The van der Waals surface area contributed by atoms with Gasteiger partial charge in [0.25, 0.3) is 11.8 Å². The van der Waals surface area contributed by atoms with Crippen molar-refractivity contribution >= 4 is 44.9 Å². The number of amides is 2. The lowest BCUT2D eigenvalue weighted by Gasteiger charge is -2.07. The quantitative estimate of drug-likeness (QED) is 0.678. The van der Waals surface area contributed by atoms with Gasteiger partial charge >= 0.3 is 5.97 Å². The van der Waals surface area contributed by atoms with Crippen LogP contribution >= 0.6 is 11.3 Å². The van der Waals surface area contributed by atoms with E-state index in [2.05, 4.69) is 10.6 Å². The van der Waals surface area contributed by atoms with Gasteiger partial charge in [-0.25, -0.2) is 4.79 Å². The molecule has 0 aliphatic heterocycles. The fourth-order valence-corrected chi connectivity index (χ4v) is 3.32. The second-order valence-corrected chi connectivity index (χ2v) is 6.52. The summed E-state index contributed by atoms with van der Waals surface area (Å²) in [6, 6.07) is 15.9. The molecule has 2 aromatic carbocycles. The molecule has 2 N–H and O–H groups in total. The van der Waals surface area contributed by atoms with Crippen molar-refractivity contribution in [3.8, 4) is 0 Å². The standard InChI is InChI=1S/C19H16N2O4S/c1-20-18(23)13-6-4-7-14(9-13)21-17(22)11-25-19(24)16-10-12-5-2-3-8-15(12)26-16/h2-10H,11H2,1H3,(H,20,23)(H,21,22). The summed E-state index contributed by atoms with van der Waals surface area (Å²) in [7, 11) is 1.53. The zero-order valence-electron chi connectivity index (χ0n) is 13.9. The molecule has 0 saturated heterocycles. The third kappa shape index (κ3) is 4.07. The van der Waals surface area contributed by atoms with Crippen LogP contribution in [-0.4, -0.2) is 31.4 Å². The zero-order valence-corrected chi connectivity index (χ0v) is 14.8. The third-order valence-electron chi connectivity index (χ3n) is 3.60. The first-order chi connectivity index (χ1) is 12.6. The molecule has 0 unspecified atom stereocenters. The number of anilines is 1. The molecular formula is C19H16N2O4S. The molecule has 0 fully saturated rings. The van der Waals surface area contributed by atoms with E-state index >= 15 is 0 Å². The topological polar surface area (TPSA) is 84.5 Å². The van der Waals surface area contributed by atoms with Gasteiger partial charge in [0.05, 0.1) is 0 Å². The van der Waals surface area contributed by atoms with E-state index in [4.69, 9.17) is 4.74 Å². The molecule has 6 nitrogen and oxygen atoms in total. The Balaban J connectivity index is 1.58. The largest absolute Gasteiger partial charge is 0.451 e. The number of fused-ring (bicyclic) bond motifs is 1. The average Bonchev–Trinajstić information content (AvgIpc) is 3.10. The Hall–Kier alpha value is -3.19. The number of esters is 1. The van der Waals surface area contributed by atoms with Crippen LogP contribution in [0.3, 0.4) is 0 Å². The van der Waals surface area contributed by atoms with Gasteiger partial charge in [0, 0.05) is 23.0 Å². The van der Waals surface area contributed by atoms with Crippen LogP contribution in [0.5, 0.6) is 0 Å². The Labute approximate surface area is 153 Å². The Morgan fingerprint density at radius 1 is 1.04 bits per heavy atom. The van der Waals surface area contributed by atoms with Crippen molar-refractivity contribution in [1.29, 1.82) is 0 Å². The third-order valence-corrected chi connectivity index (χ3v) is 4.69. The van der Waals surface area contributed by atoms with E-state index in [9.17, 15) is 14.4 Å². The minimum absolute atomic E-state index is 0.253. The van der Waals surface area contributed by atoms with Crippen LogP contribution in [0.1, 0.15) is 20.0 Å². The van der Waals surface area contributed by atoms with Crippen molar-refractivity contribution in [3.05, 3.63) is 65.0 Å². The summed E-state index contributed by atoms with van der Waals surface area (Å²) in [6.07, 6.45) is 0. The number of carbonyl (C=O) groups is 3. The van der Waals surface area contributed by atoms with Gasteiger partial charge < -0.3 is 15.4 Å². The van der Waals surface area contributed by atoms with Crippen LogP contribution in [-0.2, 0) is 9.53 Å². The van der Waals surface area contributed by atoms with E-state index in [1.807, 2.05) is 24.3 Å². The molecule has 7 heteroatoms. The van der Waals surface area contributed by atoms with Crippen LogP contribution in [0.15, 0.2) is 54.6 Å². The van der Waals surface area contributed by atoms with Crippen molar-refractivity contribution in [3.63, 3.8) is 0 Å². The number of carbonyl (C=O) groups excluding carboxylic acids is 3. The Morgan fingerprint density at radius 3 is 2.62 bits per heavy atom.